The minimum atomic E-state index is 0.0447. The molecule has 0 saturated heterocycles. The maximum Gasteiger partial charge on any atom is 0.159 e. The fourth-order valence-corrected chi connectivity index (χ4v) is 1.83. The molecule has 3 rings (SSSR count). The molecular weight excluding hydrogens is 214 g/mol. The van der Waals surface area contributed by atoms with E-state index in [9.17, 15) is 4.79 Å². The highest BCUT2D eigenvalue weighted by atomic mass is 16.1. The molecule has 86 valence electrons. The van der Waals surface area contributed by atoms with E-state index in [1.54, 1.807) is 29.9 Å². The van der Waals surface area contributed by atoms with Crippen LogP contribution in [0.1, 0.15) is 41.7 Å². The molecule has 0 bridgehead atoms. The van der Waals surface area contributed by atoms with Crippen LogP contribution in [-0.4, -0.2) is 20.5 Å². The molecule has 1 saturated carbocycles. The second kappa shape index (κ2) is 3.80. The summed E-state index contributed by atoms with van der Waals surface area (Å²) in [6, 6.07) is 5.52. The summed E-state index contributed by atoms with van der Waals surface area (Å²) in [6.45, 7) is 1.55. The summed E-state index contributed by atoms with van der Waals surface area (Å²) in [6.07, 6.45) is 6.01. The minimum Gasteiger partial charge on any atom is -0.295 e. The molecule has 4 nitrogen and oxygen atoms in total. The van der Waals surface area contributed by atoms with Crippen molar-refractivity contribution in [2.24, 2.45) is 0 Å². The van der Waals surface area contributed by atoms with E-state index in [1.165, 1.54) is 12.8 Å². The van der Waals surface area contributed by atoms with Crippen LogP contribution in [0.5, 0.6) is 0 Å². The van der Waals surface area contributed by atoms with Gasteiger partial charge in [0.15, 0.2) is 11.6 Å². The lowest BCUT2D eigenvalue weighted by Crippen LogP contribution is -2.01. The lowest BCUT2D eigenvalue weighted by atomic mass is 10.2. The van der Waals surface area contributed by atoms with Crippen LogP contribution in [-0.2, 0) is 0 Å². The lowest BCUT2D eigenvalue weighted by molar-refractivity contribution is 0.101. The van der Waals surface area contributed by atoms with Gasteiger partial charge in [0.25, 0.3) is 0 Å². The first-order chi connectivity index (χ1) is 8.24. The molecule has 4 heteroatoms. The molecule has 0 N–H and O–H groups in total. The van der Waals surface area contributed by atoms with E-state index in [2.05, 4.69) is 10.1 Å². The predicted molar refractivity (Wildman–Crippen MR) is 63.3 cm³/mol. The first-order valence-electron chi connectivity index (χ1n) is 5.77. The van der Waals surface area contributed by atoms with Gasteiger partial charge < -0.3 is 0 Å². The van der Waals surface area contributed by atoms with Crippen LogP contribution < -0.4 is 0 Å². The van der Waals surface area contributed by atoms with E-state index in [-0.39, 0.29) is 5.78 Å². The molecule has 0 unspecified atom stereocenters. The van der Waals surface area contributed by atoms with Crippen LogP contribution in [0.2, 0.25) is 0 Å². The van der Waals surface area contributed by atoms with Crippen LogP contribution in [0.25, 0.3) is 5.82 Å². The van der Waals surface area contributed by atoms with Gasteiger partial charge >= 0.3 is 0 Å². The van der Waals surface area contributed by atoms with Gasteiger partial charge in [0.05, 0.1) is 5.69 Å². The Balaban J connectivity index is 1.96. The zero-order valence-corrected chi connectivity index (χ0v) is 9.63. The molecule has 1 aliphatic carbocycles. The van der Waals surface area contributed by atoms with E-state index < -0.39 is 0 Å². The van der Waals surface area contributed by atoms with Gasteiger partial charge in [-0.25, -0.2) is 9.67 Å². The third kappa shape index (κ3) is 1.98. The molecule has 17 heavy (non-hydrogen) atoms. The Hall–Kier alpha value is -1.97. The predicted octanol–water partition coefficient (Wildman–Crippen LogP) is 2.35. The van der Waals surface area contributed by atoms with Crippen molar-refractivity contribution >= 4 is 5.78 Å². The summed E-state index contributed by atoms with van der Waals surface area (Å²) in [5.74, 6) is 1.38. The maximum absolute atomic E-state index is 11.3. The second-order valence-corrected chi connectivity index (χ2v) is 4.42. The summed E-state index contributed by atoms with van der Waals surface area (Å²) in [5, 5.41) is 4.49. The van der Waals surface area contributed by atoms with Gasteiger partial charge in [0.1, 0.15) is 0 Å². The first-order valence-corrected chi connectivity index (χ1v) is 5.77. The van der Waals surface area contributed by atoms with Crippen LogP contribution in [0.3, 0.4) is 0 Å². The Kier molecular flexibility index (Phi) is 2.28. The highest BCUT2D eigenvalue weighted by Gasteiger charge is 2.25. The van der Waals surface area contributed by atoms with Crippen LogP contribution in [0, 0.1) is 0 Å². The van der Waals surface area contributed by atoms with E-state index in [1.807, 2.05) is 12.3 Å². The third-order valence-corrected chi connectivity index (χ3v) is 2.99. The quantitative estimate of drug-likeness (QED) is 0.756. The fourth-order valence-electron chi connectivity index (χ4n) is 1.83. The normalized spacial score (nSPS) is 14.9. The van der Waals surface area contributed by atoms with Crippen molar-refractivity contribution in [3.63, 3.8) is 0 Å². The molecule has 2 aromatic rings. The third-order valence-electron chi connectivity index (χ3n) is 2.99. The number of carbonyl (C=O) groups is 1. The Morgan fingerprint density at radius 2 is 2.24 bits per heavy atom. The first kappa shape index (κ1) is 10.2. The highest BCUT2D eigenvalue weighted by Crippen LogP contribution is 2.38. The Bertz CT molecular complexity index is 570. The zero-order valence-electron chi connectivity index (χ0n) is 9.63. The SMILES string of the molecule is CC(=O)c1ccnc(-n2ccc(C3CC3)n2)c1. The van der Waals surface area contributed by atoms with Gasteiger partial charge in [-0.2, -0.15) is 5.10 Å². The van der Waals surface area contributed by atoms with Gasteiger partial charge in [-0.1, -0.05) is 0 Å². The monoisotopic (exact) mass is 227 g/mol. The van der Waals surface area contributed by atoms with Crippen molar-refractivity contribution in [1.29, 1.82) is 0 Å². The number of carbonyl (C=O) groups excluding carboxylic acids is 1. The molecular formula is C13H13N3O. The van der Waals surface area contributed by atoms with E-state index in [0.717, 1.165) is 5.69 Å². The molecule has 0 atom stereocenters. The van der Waals surface area contributed by atoms with Crippen molar-refractivity contribution < 1.29 is 4.79 Å². The number of nitrogens with zero attached hydrogens (tertiary/aromatic N) is 3. The molecule has 0 radical (unpaired) electrons. The van der Waals surface area contributed by atoms with Gasteiger partial charge in [-0.3, -0.25) is 4.79 Å². The fraction of sp³-hybridized carbons (Fsp3) is 0.308. The second-order valence-electron chi connectivity index (χ2n) is 4.42. The highest BCUT2D eigenvalue weighted by molar-refractivity contribution is 5.94. The molecule has 2 aromatic heterocycles. The van der Waals surface area contributed by atoms with Gasteiger partial charge in [-0.15, -0.1) is 0 Å². The molecule has 1 aliphatic rings. The van der Waals surface area contributed by atoms with Crippen molar-refractivity contribution in [3.05, 3.63) is 41.9 Å². The number of pyridine rings is 1. The topological polar surface area (TPSA) is 47.8 Å². The number of Topliss-reactive ketones (excluding diaryl/α,β-unsaturated/α-hetero) is 1. The van der Waals surface area contributed by atoms with E-state index >= 15 is 0 Å². The average Bonchev–Trinajstić information content (AvgIpc) is 3.07. The molecule has 0 aromatic carbocycles. The van der Waals surface area contributed by atoms with Crippen molar-refractivity contribution in [2.75, 3.05) is 0 Å². The Morgan fingerprint density at radius 1 is 1.41 bits per heavy atom. The van der Waals surface area contributed by atoms with Crippen molar-refractivity contribution in [2.45, 2.75) is 25.7 Å². The van der Waals surface area contributed by atoms with E-state index in [4.69, 9.17) is 0 Å². The molecule has 1 fully saturated rings. The zero-order chi connectivity index (χ0) is 11.8. The van der Waals surface area contributed by atoms with Gasteiger partial charge in [0, 0.05) is 23.9 Å². The number of ketones is 1. The summed E-state index contributed by atoms with van der Waals surface area (Å²) in [7, 11) is 0. The van der Waals surface area contributed by atoms with Crippen LogP contribution >= 0.6 is 0 Å². The Morgan fingerprint density at radius 3 is 2.94 bits per heavy atom. The lowest BCUT2D eigenvalue weighted by Gasteiger charge is -2.01. The molecule has 0 amide bonds. The maximum atomic E-state index is 11.3. The van der Waals surface area contributed by atoms with Crippen LogP contribution in [0.15, 0.2) is 30.6 Å². The summed E-state index contributed by atoms with van der Waals surface area (Å²) in [5.41, 5.74) is 1.79. The van der Waals surface area contributed by atoms with Crippen LogP contribution in [0.4, 0.5) is 0 Å². The minimum absolute atomic E-state index is 0.0447. The molecule has 0 aliphatic heterocycles. The van der Waals surface area contributed by atoms with Gasteiger partial charge in [0.2, 0.25) is 0 Å². The molecule has 0 spiro atoms. The smallest absolute Gasteiger partial charge is 0.159 e. The number of hydrogen-bond acceptors (Lipinski definition) is 3. The summed E-state index contributed by atoms with van der Waals surface area (Å²) in [4.78, 5) is 15.5. The average molecular weight is 227 g/mol. The Labute approximate surface area is 99.3 Å². The summed E-state index contributed by atoms with van der Waals surface area (Å²) >= 11 is 0. The largest absolute Gasteiger partial charge is 0.295 e. The van der Waals surface area contributed by atoms with Crippen molar-refractivity contribution in [3.8, 4) is 5.82 Å². The van der Waals surface area contributed by atoms with Gasteiger partial charge in [-0.05, 0) is 38.0 Å². The number of hydrogen-bond donors (Lipinski definition) is 0. The molecule has 2 heterocycles. The van der Waals surface area contributed by atoms with E-state index in [0.29, 0.717) is 17.3 Å². The summed E-state index contributed by atoms with van der Waals surface area (Å²) < 4.78 is 1.74. The standard InChI is InChI=1S/C13H13N3O/c1-9(17)11-4-6-14-13(8-11)16-7-5-12(15-16)10-2-3-10/h4-8,10H,2-3H2,1H3. The van der Waals surface area contributed by atoms with Crippen molar-refractivity contribution in [1.82, 2.24) is 14.8 Å². The number of aromatic nitrogens is 3. The number of rotatable bonds is 3.